The van der Waals surface area contributed by atoms with Gasteiger partial charge in [-0.2, -0.15) is 5.26 Å². The van der Waals surface area contributed by atoms with Crippen molar-refractivity contribution in [2.45, 2.75) is 25.8 Å². The lowest BCUT2D eigenvalue weighted by molar-refractivity contribution is 0.301. The van der Waals surface area contributed by atoms with Crippen LogP contribution in [-0.4, -0.2) is 46.1 Å². The molecule has 0 amide bonds. The van der Waals surface area contributed by atoms with Crippen molar-refractivity contribution in [1.82, 2.24) is 19.9 Å². The minimum Gasteiger partial charge on any atom is -0.493 e. The number of rotatable bonds is 7. The first-order valence-electron chi connectivity index (χ1n) is 8.09. The first-order valence-corrected chi connectivity index (χ1v) is 8.09. The van der Waals surface area contributed by atoms with Gasteiger partial charge in [0.25, 0.3) is 0 Å². The highest BCUT2D eigenvalue weighted by Crippen LogP contribution is 2.12. The van der Waals surface area contributed by atoms with Crippen LogP contribution in [0.2, 0.25) is 0 Å². The summed E-state index contributed by atoms with van der Waals surface area (Å²) in [6.45, 7) is 4.56. The Balaban J connectivity index is 1.58. The van der Waals surface area contributed by atoms with Crippen LogP contribution in [0.1, 0.15) is 24.2 Å². The number of hydrogen-bond donors (Lipinski definition) is 0. The number of nitriles is 1. The first kappa shape index (κ1) is 15.5. The van der Waals surface area contributed by atoms with Crippen molar-refractivity contribution < 1.29 is 4.74 Å². The van der Waals surface area contributed by atoms with E-state index in [-0.39, 0.29) is 0 Å². The third-order valence-corrected chi connectivity index (χ3v) is 4.12. The normalized spacial score (nSPS) is 14.7. The van der Waals surface area contributed by atoms with E-state index in [9.17, 15) is 5.26 Å². The van der Waals surface area contributed by atoms with E-state index in [0.29, 0.717) is 18.7 Å². The van der Waals surface area contributed by atoms with Gasteiger partial charge in [-0.25, -0.2) is 4.68 Å². The molecule has 0 spiro atoms. The van der Waals surface area contributed by atoms with Gasteiger partial charge in [0, 0.05) is 13.0 Å². The van der Waals surface area contributed by atoms with Crippen molar-refractivity contribution in [3.8, 4) is 11.8 Å². The third kappa shape index (κ3) is 4.08. The largest absolute Gasteiger partial charge is 0.493 e. The zero-order valence-corrected chi connectivity index (χ0v) is 13.2. The Kier molecular flexibility index (Phi) is 5.22. The predicted molar refractivity (Wildman–Crippen MR) is 86.1 cm³/mol. The molecule has 0 saturated carbocycles. The summed E-state index contributed by atoms with van der Waals surface area (Å²) in [6.07, 6.45) is 3.18. The number of para-hydroxylation sites is 1. The van der Waals surface area contributed by atoms with E-state index in [2.05, 4.69) is 21.3 Å². The van der Waals surface area contributed by atoms with Gasteiger partial charge in [0.05, 0.1) is 18.8 Å². The van der Waals surface area contributed by atoms with Gasteiger partial charge in [-0.05, 0) is 38.1 Å². The molecule has 0 unspecified atom stereocenters. The Bertz CT molecular complexity index is 655. The van der Waals surface area contributed by atoms with Crippen molar-refractivity contribution in [1.29, 1.82) is 5.26 Å². The molecule has 0 atom stereocenters. The molecule has 3 rings (SSSR count). The van der Waals surface area contributed by atoms with Crippen molar-refractivity contribution >= 4 is 0 Å². The number of ether oxygens (including phenoxy) is 1. The highest BCUT2D eigenvalue weighted by molar-refractivity contribution is 5.25. The maximum absolute atomic E-state index is 9.21. The molecule has 2 heterocycles. The quantitative estimate of drug-likeness (QED) is 0.781. The molecule has 0 aliphatic carbocycles. The summed E-state index contributed by atoms with van der Waals surface area (Å²) in [5, 5.41) is 17.3. The topological polar surface area (TPSA) is 67.0 Å². The van der Waals surface area contributed by atoms with E-state index in [4.69, 9.17) is 4.74 Å². The number of aromatic nitrogens is 3. The minimum absolute atomic E-state index is 0.406. The summed E-state index contributed by atoms with van der Waals surface area (Å²) in [4.78, 5) is 2.43. The maximum atomic E-state index is 9.21. The van der Waals surface area contributed by atoms with Crippen LogP contribution in [0, 0.1) is 11.3 Å². The zero-order valence-electron chi connectivity index (χ0n) is 13.2. The summed E-state index contributed by atoms with van der Waals surface area (Å²) < 4.78 is 7.58. The van der Waals surface area contributed by atoms with Crippen molar-refractivity contribution in [2.24, 2.45) is 0 Å². The molecule has 6 nitrogen and oxygen atoms in total. The van der Waals surface area contributed by atoms with Gasteiger partial charge < -0.3 is 9.64 Å². The van der Waals surface area contributed by atoms with Gasteiger partial charge in [-0.1, -0.05) is 23.4 Å². The van der Waals surface area contributed by atoms with Crippen LogP contribution < -0.4 is 4.74 Å². The second-order valence-electron chi connectivity index (χ2n) is 5.68. The SMILES string of the molecule is N#Cc1nnn(CCN2CCCC2)c1CCOc1ccccc1. The van der Waals surface area contributed by atoms with E-state index < -0.39 is 0 Å². The van der Waals surface area contributed by atoms with E-state index in [1.807, 2.05) is 35.0 Å². The van der Waals surface area contributed by atoms with Gasteiger partial charge >= 0.3 is 0 Å². The summed E-state index contributed by atoms with van der Waals surface area (Å²) >= 11 is 0. The molecule has 0 bridgehead atoms. The van der Waals surface area contributed by atoms with Gasteiger partial charge in [0.15, 0.2) is 5.69 Å². The fourth-order valence-electron chi connectivity index (χ4n) is 2.87. The van der Waals surface area contributed by atoms with Crippen LogP contribution in [0.25, 0.3) is 0 Å². The number of likely N-dealkylation sites (tertiary alicyclic amines) is 1. The average Bonchev–Trinajstić information content (AvgIpc) is 3.23. The summed E-state index contributed by atoms with van der Waals surface area (Å²) in [5.41, 5.74) is 1.27. The predicted octanol–water partition coefficient (Wildman–Crippen LogP) is 1.87. The summed E-state index contributed by atoms with van der Waals surface area (Å²) in [5.74, 6) is 0.835. The Morgan fingerprint density at radius 3 is 2.65 bits per heavy atom. The summed E-state index contributed by atoms with van der Waals surface area (Å²) in [7, 11) is 0. The highest BCUT2D eigenvalue weighted by atomic mass is 16.5. The van der Waals surface area contributed by atoms with Gasteiger partial charge in [0.2, 0.25) is 0 Å². The third-order valence-electron chi connectivity index (χ3n) is 4.12. The smallest absolute Gasteiger partial charge is 0.185 e. The van der Waals surface area contributed by atoms with E-state index in [0.717, 1.165) is 37.6 Å². The van der Waals surface area contributed by atoms with Crippen molar-refractivity contribution in [3.63, 3.8) is 0 Å². The molecule has 1 fully saturated rings. The molecule has 1 aliphatic heterocycles. The Labute approximate surface area is 136 Å². The van der Waals surface area contributed by atoms with Crippen molar-refractivity contribution in [2.75, 3.05) is 26.2 Å². The number of benzene rings is 1. The molecule has 0 radical (unpaired) electrons. The molecule has 6 heteroatoms. The van der Waals surface area contributed by atoms with E-state index in [1.165, 1.54) is 12.8 Å². The van der Waals surface area contributed by atoms with Gasteiger partial charge in [-0.3, -0.25) is 0 Å². The fraction of sp³-hybridized carbons (Fsp3) is 0.471. The van der Waals surface area contributed by atoms with Crippen LogP contribution in [0.5, 0.6) is 5.75 Å². The fourth-order valence-corrected chi connectivity index (χ4v) is 2.87. The van der Waals surface area contributed by atoms with Crippen LogP contribution in [0.15, 0.2) is 30.3 Å². The minimum atomic E-state index is 0.406. The molecule has 23 heavy (non-hydrogen) atoms. The highest BCUT2D eigenvalue weighted by Gasteiger charge is 2.15. The number of nitrogens with zero attached hydrogens (tertiary/aromatic N) is 5. The molecule has 1 aliphatic rings. The Morgan fingerprint density at radius 1 is 1.13 bits per heavy atom. The lowest BCUT2D eigenvalue weighted by Crippen LogP contribution is -2.25. The van der Waals surface area contributed by atoms with Crippen molar-refractivity contribution in [3.05, 3.63) is 41.7 Å². The van der Waals surface area contributed by atoms with Gasteiger partial charge in [-0.15, -0.1) is 5.10 Å². The molecule has 0 N–H and O–H groups in total. The first-order chi connectivity index (χ1) is 11.4. The molecular formula is C17H21N5O. The molecule has 1 aromatic carbocycles. The molecule has 1 aromatic heterocycles. The van der Waals surface area contributed by atoms with Crippen LogP contribution in [-0.2, 0) is 13.0 Å². The lowest BCUT2D eigenvalue weighted by Gasteiger charge is -2.15. The molecule has 2 aromatic rings. The standard InChI is InChI=1S/C17H21N5O/c18-14-16-17(8-13-23-15-6-2-1-3-7-15)22(20-19-16)12-11-21-9-4-5-10-21/h1-3,6-7H,4-5,8-13H2. The molecule has 120 valence electrons. The van der Waals surface area contributed by atoms with E-state index in [1.54, 1.807) is 0 Å². The maximum Gasteiger partial charge on any atom is 0.185 e. The Hall–Kier alpha value is -2.39. The monoisotopic (exact) mass is 311 g/mol. The molecule has 1 saturated heterocycles. The Morgan fingerprint density at radius 2 is 1.91 bits per heavy atom. The second kappa shape index (κ2) is 7.75. The second-order valence-corrected chi connectivity index (χ2v) is 5.68. The zero-order chi connectivity index (χ0) is 15.9. The van der Waals surface area contributed by atoms with Crippen LogP contribution in [0.3, 0.4) is 0 Å². The van der Waals surface area contributed by atoms with Crippen LogP contribution >= 0.6 is 0 Å². The van der Waals surface area contributed by atoms with Crippen LogP contribution in [0.4, 0.5) is 0 Å². The molecular weight excluding hydrogens is 290 g/mol. The summed E-state index contributed by atoms with van der Waals surface area (Å²) in [6, 6.07) is 11.8. The number of hydrogen-bond acceptors (Lipinski definition) is 5. The van der Waals surface area contributed by atoms with E-state index >= 15 is 0 Å². The lowest BCUT2D eigenvalue weighted by atomic mass is 10.2. The average molecular weight is 311 g/mol. The van der Waals surface area contributed by atoms with Gasteiger partial charge in [0.1, 0.15) is 11.8 Å².